The summed E-state index contributed by atoms with van der Waals surface area (Å²) in [4.78, 5) is 29.6. The highest BCUT2D eigenvalue weighted by Crippen LogP contribution is 2.48. The summed E-state index contributed by atoms with van der Waals surface area (Å²) in [6.45, 7) is 2.18. The number of carbonyl (C=O) groups is 2. The molecule has 2 aliphatic carbocycles. The number of piperazine rings is 1. The van der Waals surface area contributed by atoms with Gasteiger partial charge in [0.05, 0.1) is 20.1 Å². The molecule has 0 spiro atoms. The molecule has 2 bridgehead atoms. The molecule has 7 nitrogen and oxygen atoms in total. The molecule has 2 amide bonds. The zero-order valence-electron chi connectivity index (χ0n) is 16.6. The molecule has 28 heavy (non-hydrogen) atoms. The van der Waals surface area contributed by atoms with Crippen LogP contribution in [0.3, 0.4) is 0 Å². The fraction of sp³-hybridized carbons (Fsp3) is 0.619. The molecule has 1 heterocycles. The van der Waals surface area contributed by atoms with E-state index in [2.05, 4.69) is 0 Å². The fourth-order valence-electron chi connectivity index (χ4n) is 5.16. The summed E-state index contributed by atoms with van der Waals surface area (Å²) in [5.41, 5.74) is 6.88. The number of hydrogen-bond acceptors (Lipinski definition) is 5. The Bertz CT molecular complexity index is 736. The van der Waals surface area contributed by atoms with Crippen molar-refractivity contribution >= 4 is 11.8 Å². The second kappa shape index (κ2) is 7.62. The average molecular weight is 387 g/mol. The van der Waals surface area contributed by atoms with Crippen LogP contribution in [0.5, 0.6) is 11.5 Å². The Balaban J connectivity index is 1.39. The zero-order chi connectivity index (χ0) is 19.8. The van der Waals surface area contributed by atoms with Gasteiger partial charge in [-0.1, -0.05) is 0 Å². The Hall–Kier alpha value is -2.28. The monoisotopic (exact) mass is 387 g/mol. The third-order valence-corrected chi connectivity index (χ3v) is 6.74. The van der Waals surface area contributed by atoms with Crippen molar-refractivity contribution in [3.05, 3.63) is 23.8 Å². The van der Waals surface area contributed by atoms with E-state index in [4.69, 9.17) is 15.2 Å². The van der Waals surface area contributed by atoms with Crippen LogP contribution in [0.2, 0.25) is 0 Å². The first-order valence-electron chi connectivity index (χ1n) is 10.1. The van der Waals surface area contributed by atoms with Gasteiger partial charge in [0, 0.05) is 43.9 Å². The van der Waals surface area contributed by atoms with E-state index in [1.807, 2.05) is 4.90 Å². The van der Waals surface area contributed by atoms with E-state index in [9.17, 15) is 9.59 Å². The lowest BCUT2D eigenvalue weighted by Gasteiger charge is -2.38. The second-order valence-corrected chi connectivity index (χ2v) is 8.16. The van der Waals surface area contributed by atoms with Crippen LogP contribution >= 0.6 is 0 Å². The van der Waals surface area contributed by atoms with E-state index < -0.39 is 0 Å². The number of amides is 2. The highest BCUT2D eigenvalue weighted by Gasteiger charge is 2.50. The molecule has 0 aromatic heterocycles. The van der Waals surface area contributed by atoms with Crippen molar-refractivity contribution in [1.82, 2.24) is 9.80 Å². The number of benzene rings is 1. The van der Waals surface area contributed by atoms with E-state index in [1.54, 1.807) is 37.3 Å². The Labute approximate surface area is 165 Å². The van der Waals surface area contributed by atoms with Crippen LogP contribution in [-0.4, -0.2) is 68.1 Å². The average Bonchev–Trinajstić information content (AvgIpc) is 3.33. The Morgan fingerprint density at radius 2 is 1.50 bits per heavy atom. The SMILES string of the molecule is COc1cc(OC)cc(C(=O)N2CCN(C(=O)C3C4CCC(C4)C3N)CC2)c1. The van der Waals surface area contributed by atoms with Gasteiger partial charge in [0.2, 0.25) is 5.91 Å². The third-order valence-electron chi connectivity index (χ3n) is 6.74. The van der Waals surface area contributed by atoms with Gasteiger partial charge in [0.25, 0.3) is 5.91 Å². The summed E-state index contributed by atoms with van der Waals surface area (Å²) in [6.07, 6.45) is 3.40. The summed E-state index contributed by atoms with van der Waals surface area (Å²) in [5, 5.41) is 0. The Morgan fingerprint density at radius 1 is 0.929 bits per heavy atom. The van der Waals surface area contributed by atoms with Crippen LogP contribution in [0.15, 0.2) is 18.2 Å². The third kappa shape index (κ3) is 3.32. The number of rotatable bonds is 4. The first-order chi connectivity index (χ1) is 13.5. The number of fused-ring (bicyclic) bond motifs is 2. The van der Waals surface area contributed by atoms with Crippen molar-refractivity contribution in [1.29, 1.82) is 0 Å². The molecule has 1 aliphatic heterocycles. The smallest absolute Gasteiger partial charge is 0.254 e. The van der Waals surface area contributed by atoms with Crippen molar-refractivity contribution in [2.45, 2.75) is 25.3 Å². The molecular formula is C21H29N3O4. The minimum atomic E-state index is -0.0686. The first kappa shape index (κ1) is 19.1. The highest BCUT2D eigenvalue weighted by molar-refractivity contribution is 5.95. The summed E-state index contributed by atoms with van der Waals surface area (Å²) >= 11 is 0. The molecule has 7 heteroatoms. The molecular weight excluding hydrogens is 358 g/mol. The number of methoxy groups -OCH3 is 2. The van der Waals surface area contributed by atoms with Crippen LogP contribution in [-0.2, 0) is 4.79 Å². The first-order valence-corrected chi connectivity index (χ1v) is 10.1. The van der Waals surface area contributed by atoms with Crippen LogP contribution < -0.4 is 15.2 Å². The van der Waals surface area contributed by atoms with Gasteiger partial charge in [0.15, 0.2) is 0 Å². The lowest BCUT2D eigenvalue weighted by molar-refractivity contribution is -0.139. The summed E-state index contributed by atoms with van der Waals surface area (Å²) in [7, 11) is 3.13. The lowest BCUT2D eigenvalue weighted by Crippen LogP contribution is -2.54. The summed E-state index contributed by atoms with van der Waals surface area (Å²) in [5.74, 6) is 2.24. The van der Waals surface area contributed by atoms with Crippen LogP contribution in [0.25, 0.3) is 0 Å². The van der Waals surface area contributed by atoms with Gasteiger partial charge in [-0.2, -0.15) is 0 Å². The van der Waals surface area contributed by atoms with Crippen molar-refractivity contribution in [2.24, 2.45) is 23.5 Å². The van der Waals surface area contributed by atoms with E-state index >= 15 is 0 Å². The number of hydrogen-bond donors (Lipinski definition) is 1. The van der Waals surface area contributed by atoms with E-state index in [0.29, 0.717) is 55.1 Å². The van der Waals surface area contributed by atoms with Crippen molar-refractivity contribution in [2.75, 3.05) is 40.4 Å². The van der Waals surface area contributed by atoms with Crippen molar-refractivity contribution in [3.63, 3.8) is 0 Å². The molecule has 2 saturated carbocycles. The van der Waals surface area contributed by atoms with Gasteiger partial charge in [0.1, 0.15) is 11.5 Å². The van der Waals surface area contributed by atoms with Gasteiger partial charge >= 0.3 is 0 Å². The minimum Gasteiger partial charge on any atom is -0.497 e. The van der Waals surface area contributed by atoms with E-state index in [-0.39, 0.29) is 23.8 Å². The van der Waals surface area contributed by atoms with Gasteiger partial charge in [-0.15, -0.1) is 0 Å². The second-order valence-electron chi connectivity index (χ2n) is 8.16. The minimum absolute atomic E-state index is 0.00941. The maximum absolute atomic E-state index is 13.0. The molecule has 4 rings (SSSR count). The Morgan fingerprint density at radius 3 is 2.04 bits per heavy atom. The Kier molecular flexibility index (Phi) is 5.19. The maximum atomic E-state index is 13.0. The largest absolute Gasteiger partial charge is 0.497 e. The molecule has 4 unspecified atom stereocenters. The number of nitrogens with two attached hydrogens (primary N) is 1. The molecule has 4 atom stereocenters. The quantitative estimate of drug-likeness (QED) is 0.843. The van der Waals surface area contributed by atoms with E-state index in [1.165, 1.54) is 6.42 Å². The molecule has 3 aliphatic rings. The van der Waals surface area contributed by atoms with Crippen LogP contribution in [0.4, 0.5) is 0 Å². The topological polar surface area (TPSA) is 85.1 Å². The standard InChI is InChI=1S/C21H29N3O4/c1-27-16-10-15(11-17(12-16)28-2)20(25)23-5-7-24(8-6-23)21(26)18-13-3-4-14(9-13)19(18)22/h10-14,18-19H,3-9,22H2,1-2H3. The lowest BCUT2D eigenvalue weighted by atomic mass is 9.84. The number of ether oxygens (including phenoxy) is 2. The highest BCUT2D eigenvalue weighted by atomic mass is 16.5. The number of carbonyl (C=O) groups excluding carboxylic acids is 2. The van der Waals surface area contributed by atoms with Crippen LogP contribution in [0, 0.1) is 17.8 Å². The van der Waals surface area contributed by atoms with Gasteiger partial charge in [-0.05, 0) is 43.2 Å². The van der Waals surface area contributed by atoms with Gasteiger partial charge < -0.3 is 25.0 Å². The molecule has 1 saturated heterocycles. The molecule has 1 aromatic carbocycles. The summed E-state index contributed by atoms with van der Waals surface area (Å²) < 4.78 is 10.5. The van der Waals surface area contributed by atoms with Crippen LogP contribution in [0.1, 0.15) is 29.6 Å². The zero-order valence-corrected chi connectivity index (χ0v) is 16.6. The predicted octanol–water partition coefficient (Wildman–Crippen LogP) is 1.36. The van der Waals surface area contributed by atoms with Crippen molar-refractivity contribution < 1.29 is 19.1 Å². The predicted molar refractivity (Wildman–Crippen MR) is 104 cm³/mol. The van der Waals surface area contributed by atoms with Gasteiger partial charge in [-0.25, -0.2) is 0 Å². The molecule has 152 valence electrons. The molecule has 0 radical (unpaired) electrons. The maximum Gasteiger partial charge on any atom is 0.254 e. The normalized spacial score (nSPS) is 29.1. The van der Waals surface area contributed by atoms with Gasteiger partial charge in [-0.3, -0.25) is 9.59 Å². The molecule has 2 N–H and O–H groups in total. The molecule has 3 fully saturated rings. The van der Waals surface area contributed by atoms with E-state index in [0.717, 1.165) is 12.8 Å². The summed E-state index contributed by atoms with van der Waals surface area (Å²) in [6, 6.07) is 5.19. The fourth-order valence-corrected chi connectivity index (χ4v) is 5.16. The number of nitrogens with zero attached hydrogens (tertiary/aromatic N) is 2. The van der Waals surface area contributed by atoms with Crippen molar-refractivity contribution in [3.8, 4) is 11.5 Å². The molecule has 1 aromatic rings.